The van der Waals surface area contributed by atoms with Gasteiger partial charge in [0.1, 0.15) is 6.04 Å². The predicted molar refractivity (Wildman–Crippen MR) is 107 cm³/mol. The van der Waals surface area contributed by atoms with Gasteiger partial charge in [0.15, 0.2) is 0 Å². The molecule has 1 fully saturated rings. The predicted octanol–water partition coefficient (Wildman–Crippen LogP) is 0.708. The summed E-state index contributed by atoms with van der Waals surface area (Å²) in [6, 6.07) is 3.88. The number of aromatic nitrogens is 1. The average molecular weight is 402 g/mol. The van der Waals surface area contributed by atoms with Gasteiger partial charge in [-0.2, -0.15) is 0 Å². The lowest BCUT2D eigenvalue weighted by Gasteiger charge is -2.37. The lowest BCUT2D eigenvalue weighted by molar-refractivity contribution is -0.145. The van der Waals surface area contributed by atoms with Crippen LogP contribution in [0.1, 0.15) is 22.0 Å². The summed E-state index contributed by atoms with van der Waals surface area (Å²) in [5.41, 5.74) is 1.49. The topological polar surface area (TPSA) is 106 Å². The first kappa shape index (κ1) is 20.8. The fourth-order valence-electron chi connectivity index (χ4n) is 3.77. The van der Waals surface area contributed by atoms with Crippen molar-refractivity contribution in [3.8, 4) is 0 Å². The Balaban J connectivity index is 1.86. The number of amides is 1. The third-order valence-corrected chi connectivity index (χ3v) is 5.43. The molecule has 0 spiro atoms. The summed E-state index contributed by atoms with van der Waals surface area (Å²) in [6.45, 7) is 2.51. The highest BCUT2D eigenvalue weighted by molar-refractivity contribution is 5.96. The molecule has 1 aliphatic heterocycles. The van der Waals surface area contributed by atoms with Gasteiger partial charge in [-0.15, -0.1) is 0 Å². The molecule has 0 saturated carbocycles. The van der Waals surface area contributed by atoms with Crippen molar-refractivity contribution in [2.45, 2.75) is 6.04 Å². The number of carbonyl (C=O) groups is 3. The Morgan fingerprint density at radius 3 is 2.31 bits per heavy atom. The Morgan fingerprint density at radius 1 is 1.10 bits per heavy atom. The van der Waals surface area contributed by atoms with Gasteiger partial charge >= 0.3 is 11.9 Å². The van der Waals surface area contributed by atoms with Gasteiger partial charge in [0.2, 0.25) is 5.91 Å². The average Bonchev–Trinajstić information content (AvgIpc) is 2.98. The van der Waals surface area contributed by atoms with Crippen molar-refractivity contribution in [1.29, 1.82) is 0 Å². The summed E-state index contributed by atoms with van der Waals surface area (Å²) in [5, 5.41) is 19.9. The van der Waals surface area contributed by atoms with Gasteiger partial charge in [-0.05, 0) is 18.2 Å². The van der Waals surface area contributed by atoms with Gasteiger partial charge in [-0.25, -0.2) is 4.79 Å². The van der Waals surface area contributed by atoms with Crippen molar-refractivity contribution < 1.29 is 24.6 Å². The van der Waals surface area contributed by atoms with Crippen molar-refractivity contribution >= 4 is 28.7 Å². The van der Waals surface area contributed by atoms with Gasteiger partial charge in [0.25, 0.3) is 0 Å². The van der Waals surface area contributed by atoms with Crippen LogP contribution >= 0.6 is 0 Å². The molecule has 9 heteroatoms. The second-order valence-electron chi connectivity index (χ2n) is 7.57. The molecular formula is C20H26N4O5. The first-order chi connectivity index (χ1) is 13.7. The number of fused-ring (bicyclic) bond motifs is 1. The summed E-state index contributed by atoms with van der Waals surface area (Å²) < 4.78 is 1.82. The third-order valence-electron chi connectivity index (χ3n) is 5.43. The molecule has 0 radical (unpaired) electrons. The SMILES string of the molecule is CN(C)C(=O)CN1CCN([C@H](C(=O)O)c2cn(C)c3ccc(C(=O)O)cc23)CC1. The third kappa shape index (κ3) is 4.25. The molecule has 0 aliphatic carbocycles. The number of aliphatic carboxylic acids is 1. The van der Waals surface area contributed by atoms with E-state index in [0.29, 0.717) is 43.7 Å². The number of rotatable bonds is 6. The fraction of sp³-hybridized carbons (Fsp3) is 0.450. The standard InChI is InChI=1S/C20H26N4O5/c1-21(2)17(25)12-23-6-8-24(9-7-23)18(20(28)29)15-11-22(3)16-5-4-13(19(26)27)10-14(15)16/h4-5,10-11,18H,6-9,12H2,1-3H3,(H,26,27)(H,28,29)/t18-/m0/s1. The van der Waals surface area contributed by atoms with Gasteiger partial charge in [0, 0.05) is 70.0 Å². The molecule has 3 rings (SSSR count). The van der Waals surface area contributed by atoms with Crippen LogP contribution in [0.4, 0.5) is 0 Å². The Morgan fingerprint density at radius 2 is 1.76 bits per heavy atom. The molecule has 29 heavy (non-hydrogen) atoms. The quantitative estimate of drug-likeness (QED) is 0.733. The Kier molecular flexibility index (Phi) is 5.90. The van der Waals surface area contributed by atoms with Crippen LogP contribution in [-0.4, -0.2) is 94.1 Å². The van der Waals surface area contributed by atoms with Crippen LogP contribution in [-0.2, 0) is 16.6 Å². The lowest BCUT2D eigenvalue weighted by atomic mass is 10.0. The van der Waals surface area contributed by atoms with E-state index in [4.69, 9.17) is 0 Å². The summed E-state index contributed by atoms with van der Waals surface area (Å²) in [4.78, 5) is 40.9. The molecule has 2 heterocycles. The summed E-state index contributed by atoms with van der Waals surface area (Å²) in [7, 11) is 5.24. The fourth-order valence-corrected chi connectivity index (χ4v) is 3.77. The minimum absolute atomic E-state index is 0.0171. The molecule has 0 unspecified atom stereocenters. The molecule has 1 amide bonds. The number of carbonyl (C=O) groups excluding carboxylic acids is 1. The largest absolute Gasteiger partial charge is 0.480 e. The molecule has 1 atom stereocenters. The molecule has 2 aromatic rings. The van der Waals surface area contributed by atoms with E-state index in [1.807, 2.05) is 21.4 Å². The minimum Gasteiger partial charge on any atom is -0.480 e. The molecule has 1 aromatic carbocycles. The monoisotopic (exact) mass is 402 g/mol. The van der Waals surface area contributed by atoms with E-state index in [0.717, 1.165) is 5.52 Å². The van der Waals surface area contributed by atoms with E-state index >= 15 is 0 Å². The van der Waals surface area contributed by atoms with Crippen molar-refractivity contribution in [2.75, 3.05) is 46.8 Å². The van der Waals surface area contributed by atoms with Crippen molar-refractivity contribution in [3.63, 3.8) is 0 Å². The maximum Gasteiger partial charge on any atom is 0.335 e. The summed E-state index contributed by atoms with van der Waals surface area (Å²) in [6.07, 6.45) is 1.76. The highest BCUT2D eigenvalue weighted by atomic mass is 16.4. The van der Waals surface area contributed by atoms with E-state index in [9.17, 15) is 24.6 Å². The van der Waals surface area contributed by atoms with Crippen LogP contribution in [0.2, 0.25) is 0 Å². The first-order valence-electron chi connectivity index (χ1n) is 9.40. The highest BCUT2D eigenvalue weighted by Crippen LogP contribution is 2.31. The molecule has 0 bridgehead atoms. The molecule has 1 saturated heterocycles. The number of aromatic carboxylic acids is 1. The van der Waals surface area contributed by atoms with E-state index < -0.39 is 18.0 Å². The smallest absolute Gasteiger partial charge is 0.335 e. The number of hydrogen-bond acceptors (Lipinski definition) is 5. The maximum absolute atomic E-state index is 12.2. The summed E-state index contributed by atoms with van der Waals surface area (Å²) in [5.74, 6) is -2.01. The van der Waals surface area contributed by atoms with Gasteiger partial charge in [0.05, 0.1) is 12.1 Å². The van der Waals surface area contributed by atoms with E-state index in [1.54, 1.807) is 31.3 Å². The van der Waals surface area contributed by atoms with Crippen LogP contribution < -0.4 is 0 Å². The molecule has 156 valence electrons. The number of likely N-dealkylation sites (N-methyl/N-ethyl adjacent to an activating group) is 1. The second kappa shape index (κ2) is 8.22. The van der Waals surface area contributed by atoms with Crippen molar-refractivity contribution in [2.24, 2.45) is 7.05 Å². The molecule has 9 nitrogen and oxygen atoms in total. The molecule has 1 aliphatic rings. The van der Waals surface area contributed by atoms with E-state index in [2.05, 4.69) is 0 Å². The minimum atomic E-state index is -1.05. The van der Waals surface area contributed by atoms with Crippen molar-refractivity contribution in [1.82, 2.24) is 19.3 Å². The zero-order valence-corrected chi connectivity index (χ0v) is 16.8. The number of piperazine rings is 1. The van der Waals surface area contributed by atoms with Gasteiger partial charge < -0.3 is 19.7 Å². The Bertz CT molecular complexity index is 944. The second-order valence-corrected chi connectivity index (χ2v) is 7.57. The molecular weight excluding hydrogens is 376 g/mol. The Hall–Kier alpha value is -2.91. The van der Waals surface area contributed by atoms with Gasteiger partial charge in [-0.1, -0.05) is 0 Å². The van der Waals surface area contributed by atoms with Crippen LogP contribution in [0.5, 0.6) is 0 Å². The highest BCUT2D eigenvalue weighted by Gasteiger charge is 2.33. The number of benzene rings is 1. The normalized spacial score (nSPS) is 16.7. The lowest BCUT2D eigenvalue weighted by Crippen LogP contribution is -2.51. The maximum atomic E-state index is 12.2. The number of hydrogen-bond donors (Lipinski definition) is 2. The van der Waals surface area contributed by atoms with Crippen LogP contribution in [0, 0.1) is 0 Å². The number of nitrogens with zero attached hydrogens (tertiary/aromatic N) is 4. The van der Waals surface area contributed by atoms with Gasteiger partial charge in [-0.3, -0.25) is 19.4 Å². The zero-order chi connectivity index (χ0) is 21.3. The van der Waals surface area contributed by atoms with Crippen molar-refractivity contribution in [3.05, 3.63) is 35.5 Å². The first-order valence-corrected chi connectivity index (χ1v) is 9.40. The zero-order valence-electron chi connectivity index (χ0n) is 16.8. The van der Waals surface area contributed by atoms with E-state index in [1.165, 1.54) is 12.1 Å². The molecule has 1 aromatic heterocycles. The molecule has 2 N–H and O–H groups in total. The van der Waals surface area contributed by atoms with Crippen LogP contribution in [0.25, 0.3) is 10.9 Å². The summed E-state index contributed by atoms with van der Waals surface area (Å²) >= 11 is 0. The van der Waals surface area contributed by atoms with Crippen LogP contribution in [0.3, 0.4) is 0 Å². The number of aryl methyl sites for hydroxylation is 1. The number of carboxylic acids is 2. The number of carboxylic acid groups (broad SMARTS) is 2. The Labute approximate surface area is 168 Å². The van der Waals surface area contributed by atoms with E-state index in [-0.39, 0.29) is 11.5 Å². The van der Waals surface area contributed by atoms with Crippen LogP contribution in [0.15, 0.2) is 24.4 Å².